The number of hydrogen-bond acceptors (Lipinski definition) is 5. The van der Waals surface area contributed by atoms with Gasteiger partial charge in [0.15, 0.2) is 0 Å². The highest BCUT2D eigenvalue weighted by molar-refractivity contribution is 7.89. The van der Waals surface area contributed by atoms with E-state index >= 15 is 0 Å². The molecule has 1 N–H and O–H groups in total. The molecule has 0 bridgehead atoms. The molecule has 4 rings (SSSR count). The molecule has 8 nitrogen and oxygen atoms in total. The van der Waals surface area contributed by atoms with Gasteiger partial charge >= 0.3 is 0 Å². The molecule has 0 aliphatic carbocycles. The third-order valence-electron chi connectivity index (χ3n) is 6.60. The molecule has 2 heterocycles. The van der Waals surface area contributed by atoms with Crippen molar-refractivity contribution >= 4 is 27.5 Å². The number of nitrogens with zero attached hydrogens (tertiary/aromatic N) is 3. The highest BCUT2D eigenvalue weighted by atomic mass is 32.2. The summed E-state index contributed by atoms with van der Waals surface area (Å²) in [5, 5.41) is 2.89. The van der Waals surface area contributed by atoms with E-state index in [-0.39, 0.29) is 23.3 Å². The molecule has 2 aromatic carbocycles. The standard InChI is InChI=1S/C25H32N4O4S/c1-19-5-11-23(12-6-19)34(32,33)29-13-3-4-21(18-29)24(30)26-22-9-7-20(8-10-22)25(31)28-16-14-27(2)15-17-28/h5-12,21H,3-4,13-18H2,1-2H3,(H,26,30)/t21-/m0/s1. The molecule has 2 amide bonds. The van der Waals surface area contributed by atoms with Crippen LogP contribution < -0.4 is 5.32 Å². The van der Waals surface area contributed by atoms with Crippen LogP contribution in [-0.2, 0) is 14.8 Å². The number of benzene rings is 2. The first-order chi connectivity index (χ1) is 16.2. The number of carbonyl (C=O) groups is 2. The van der Waals surface area contributed by atoms with Gasteiger partial charge in [0.05, 0.1) is 10.8 Å². The molecule has 1 atom stereocenters. The van der Waals surface area contributed by atoms with E-state index in [2.05, 4.69) is 10.2 Å². The number of piperazine rings is 1. The van der Waals surface area contributed by atoms with Crippen molar-refractivity contribution < 1.29 is 18.0 Å². The predicted octanol–water partition coefficient (Wildman–Crippen LogP) is 2.42. The van der Waals surface area contributed by atoms with Crippen LogP contribution >= 0.6 is 0 Å². The molecule has 2 fully saturated rings. The molecule has 0 unspecified atom stereocenters. The zero-order valence-electron chi connectivity index (χ0n) is 19.7. The first-order valence-electron chi connectivity index (χ1n) is 11.7. The first kappa shape index (κ1) is 24.4. The van der Waals surface area contributed by atoms with Crippen molar-refractivity contribution in [3.8, 4) is 0 Å². The second kappa shape index (κ2) is 10.2. The van der Waals surface area contributed by atoms with Crippen molar-refractivity contribution in [3.05, 3.63) is 59.7 Å². The number of hydrogen-bond donors (Lipinski definition) is 1. The number of aryl methyl sites for hydroxylation is 1. The second-order valence-corrected chi connectivity index (χ2v) is 11.1. The van der Waals surface area contributed by atoms with Crippen LogP contribution in [0, 0.1) is 12.8 Å². The van der Waals surface area contributed by atoms with Gasteiger partial charge in [-0.3, -0.25) is 9.59 Å². The van der Waals surface area contributed by atoms with Gasteiger partial charge in [0, 0.05) is 50.5 Å². The van der Waals surface area contributed by atoms with E-state index in [1.165, 1.54) is 4.31 Å². The van der Waals surface area contributed by atoms with Gasteiger partial charge in [-0.25, -0.2) is 8.42 Å². The fourth-order valence-corrected chi connectivity index (χ4v) is 5.89. The summed E-state index contributed by atoms with van der Waals surface area (Å²) in [6.07, 6.45) is 1.26. The third kappa shape index (κ3) is 5.48. The van der Waals surface area contributed by atoms with Crippen molar-refractivity contribution in [3.63, 3.8) is 0 Å². The van der Waals surface area contributed by atoms with Crippen LogP contribution in [0.1, 0.15) is 28.8 Å². The van der Waals surface area contributed by atoms with Gasteiger partial charge in [0.1, 0.15) is 0 Å². The Balaban J connectivity index is 1.37. The molecular weight excluding hydrogens is 452 g/mol. The number of rotatable bonds is 5. The summed E-state index contributed by atoms with van der Waals surface area (Å²) in [6.45, 7) is 5.60. The highest BCUT2D eigenvalue weighted by Crippen LogP contribution is 2.25. The second-order valence-electron chi connectivity index (χ2n) is 9.18. The quantitative estimate of drug-likeness (QED) is 0.704. The average molecular weight is 485 g/mol. The Morgan fingerprint density at radius 2 is 1.56 bits per heavy atom. The first-order valence-corrected chi connectivity index (χ1v) is 13.1. The number of sulfonamides is 1. The lowest BCUT2D eigenvalue weighted by Crippen LogP contribution is -2.47. The number of nitrogens with one attached hydrogen (secondary N) is 1. The summed E-state index contributed by atoms with van der Waals surface area (Å²) in [4.78, 5) is 29.9. The fraction of sp³-hybridized carbons (Fsp3) is 0.440. The van der Waals surface area contributed by atoms with E-state index in [1.54, 1.807) is 48.5 Å². The maximum atomic E-state index is 13.0. The Morgan fingerprint density at radius 1 is 0.912 bits per heavy atom. The van der Waals surface area contributed by atoms with Crippen molar-refractivity contribution in [1.29, 1.82) is 0 Å². The highest BCUT2D eigenvalue weighted by Gasteiger charge is 2.33. The zero-order valence-corrected chi connectivity index (χ0v) is 20.6. The van der Waals surface area contributed by atoms with Gasteiger partial charge in [-0.1, -0.05) is 17.7 Å². The van der Waals surface area contributed by atoms with Crippen LogP contribution in [0.2, 0.25) is 0 Å². The summed E-state index contributed by atoms with van der Waals surface area (Å²) in [7, 11) is -1.59. The number of amides is 2. The van der Waals surface area contributed by atoms with Crippen molar-refractivity contribution in [2.45, 2.75) is 24.7 Å². The third-order valence-corrected chi connectivity index (χ3v) is 8.48. The van der Waals surface area contributed by atoms with Gasteiger partial charge < -0.3 is 15.1 Å². The molecule has 2 aliphatic rings. The summed E-state index contributed by atoms with van der Waals surface area (Å²) >= 11 is 0. The smallest absolute Gasteiger partial charge is 0.253 e. The zero-order chi connectivity index (χ0) is 24.3. The summed E-state index contributed by atoms with van der Waals surface area (Å²) < 4.78 is 27.5. The summed E-state index contributed by atoms with van der Waals surface area (Å²) in [5.74, 6) is -0.641. The molecule has 2 saturated heterocycles. The lowest BCUT2D eigenvalue weighted by atomic mass is 9.98. The number of piperidine rings is 1. The topological polar surface area (TPSA) is 90.0 Å². The van der Waals surface area contributed by atoms with E-state index in [0.717, 1.165) is 18.7 Å². The van der Waals surface area contributed by atoms with Crippen LogP contribution in [0.3, 0.4) is 0 Å². The van der Waals surface area contributed by atoms with Crippen LogP contribution in [0.25, 0.3) is 0 Å². The van der Waals surface area contributed by atoms with Gasteiger partial charge in [-0.05, 0) is 63.2 Å². The monoisotopic (exact) mass is 484 g/mol. The lowest BCUT2D eigenvalue weighted by molar-refractivity contribution is -0.120. The Hall–Kier alpha value is -2.75. The Morgan fingerprint density at radius 3 is 2.21 bits per heavy atom. The SMILES string of the molecule is Cc1ccc(S(=O)(=O)N2CCC[C@H](C(=O)Nc3ccc(C(=O)N4CCN(C)CC4)cc3)C2)cc1. The van der Waals surface area contributed by atoms with Gasteiger partial charge in [-0.2, -0.15) is 4.31 Å². The molecule has 0 saturated carbocycles. The number of carbonyl (C=O) groups excluding carboxylic acids is 2. The van der Waals surface area contributed by atoms with Gasteiger partial charge in [0.2, 0.25) is 15.9 Å². The Bertz CT molecular complexity index is 1120. The van der Waals surface area contributed by atoms with E-state index in [0.29, 0.717) is 43.7 Å². The normalized spacial score (nSPS) is 20.2. The molecule has 0 radical (unpaired) electrons. The minimum atomic E-state index is -3.64. The minimum absolute atomic E-state index is 0.00443. The number of likely N-dealkylation sites (N-methyl/N-ethyl adjacent to an activating group) is 1. The summed E-state index contributed by atoms with van der Waals surface area (Å²) in [5.41, 5.74) is 2.18. The largest absolute Gasteiger partial charge is 0.336 e. The Kier molecular flexibility index (Phi) is 7.35. The van der Waals surface area contributed by atoms with Crippen molar-refractivity contribution in [2.24, 2.45) is 5.92 Å². The molecule has 0 aromatic heterocycles. The molecule has 182 valence electrons. The predicted molar refractivity (Wildman–Crippen MR) is 131 cm³/mol. The minimum Gasteiger partial charge on any atom is -0.336 e. The lowest BCUT2D eigenvalue weighted by Gasteiger charge is -2.32. The molecule has 2 aliphatic heterocycles. The maximum Gasteiger partial charge on any atom is 0.253 e. The average Bonchev–Trinajstić information content (AvgIpc) is 2.85. The van der Waals surface area contributed by atoms with Crippen LogP contribution in [0.5, 0.6) is 0 Å². The van der Waals surface area contributed by atoms with Crippen LogP contribution in [0.15, 0.2) is 53.4 Å². The molecule has 34 heavy (non-hydrogen) atoms. The van der Waals surface area contributed by atoms with Gasteiger partial charge in [0.25, 0.3) is 5.91 Å². The maximum absolute atomic E-state index is 13.0. The fourth-order valence-electron chi connectivity index (χ4n) is 4.37. The van der Waals surface area contributed by atoms with Crippen LogP contribution in [0.4, 0.5) is 5.69 Å². The van der Waals surface area contributed by atoms with Crippen molar-refractivity contribution in [1.82, 2.24) is 14.1 Å². The van der Waals surface area contributed by atoms with Crippen molar-refractivity contribution in [2.75, 3.05) is 51.6 Å². The number of anilines is 1. The van der Waals surface area contributed by atoms with E-state index in [4.69, 9.17) is 0 Å². The van der Waals surface area contributed by atoms with E-state index in [9.17, 15) is 18.0 Å². The van der Waals surface area contributed by atoms with Gasteiger partial charge in [-0.15, -0.1) is 0 Å². The Labute approximate surface area is 201 Å². The molecular formula is C25H32N4O4S. The van der Waals surface area contributed by atoms with Crippen LogP contribution in [-0.4, -0.2) is 80.7 Å². The summed E-state index contributed by atoms with van der Waals surface area (Å²) in [6, 6.07) is 13.7. The molecule has 9 heteroatoms. The molecule has 0 spiro atoms. The van der Waals surface area contributed by atoms with E-state index < -0.39 is 15.9 Å². The molecule has 2 aromatic rings. The van der Waals surface area contributed by atoms with E-state index in [1.807, 2.05) is 18.9 Å².